The van der Waals surface area contributed by atoms with Crippen molar-refractivity contribution in [3.8, 4) is 11.5 Å². The van der Waals surface area contributed by atoms with Crippen LogP contribution < -0.4 is 9.47 Å². The average molecular weight is 528 g/mol. The third kappa shape index (κ3) is 5.70. The molecule has 1 aliphatic rings. The van der Waals surface area contributed by atoms with Gasteiger partial charge >= 0.3 is 0 Å². The zero-order valence-corrected chi connectivity index (χ0v) is 23.7. The summed E-state index contributed by atoms with van der Waals surface area (Å²) in [5.74, 6) is -0.251. The van der Waals surface area contributed by atoms with Crippen LogP contribution in [0.5, 0.6) is 11.5 Å². The Balaban J connectivity index is 1.89. The molecular formula is C33H37NO5. The van der Waals surface area contributed by atoms with Gasteiger partial charge in [0.1, 0.15) is 17.3 Å². The molecule has 1 atom stereocenters. The molecule has 1 N–H and O–H groups in total. The topological polar surface area (TPSA) is 76.1 Å². The van der Waals surface area contributed by atoms with Gasteiger partial charge in [0, 0.05) is 11.1 Å². The lowest BCUT2D eigenvalue weighted by Gasteiger charge is -2.26. The van der Waals surface area contributed by atoms with Crippen molar-refractivity contribution in [1.82, 2.24) is 4.90 Å². The largest absolute Gasteiger partial charge is 0.507 e. The van der Waals surface area contributed by atoms with Crippen LogP contribution in [-0.2, 0) is 21.5 Å². The molecule has 1 heterocycles. The molecule has 6 heteroatoms. The van der Waals surface area contributed by atoms with Gasteiger partial charge in [0.2, 0.25) is 0 Å². The first kappa shape index (κ1) is 28.0. The molecule has 1 unspecified atom stereocenters. The predicted molar refractivity (Wildman–Crippen MR) is 153 cm³/mol. The number of benzene rings is 3. The maximum atomic E-state index is 13.6. The van der Waals surface area contributed by atoms with Crippen LogP contribution in [0.15, 0.2) is 72.3 Å². The van der Waals surface area contributed by atoms with Crippen LogP contribution in [0, 0.1) is 6.92 Å². The fraction of sp³-hybridized carbons (Fsp3) is 0.333. The van der Waals surface area contributed by atoms with E-state index in [1.54, 1.807) is 7.11 Å². The van der Waals surface area contributed by atoms with Crippen LogP contribution in [-0.4, -0.2) is 34.9 Å². The molecule has 1 fully saturated rings. The van der Waals surface area contributed by atoms with Gasteiger partial charge in [0.15, 0.2) is 0 Å². The lowest BCUT2D eigenvalue weighted by atomic mass is 9.84. The molecule has 39 heavy (non-hydrogen) atoms. The summed E-state index contributed by atoms with van der Waals surface area (Å²) < 4.78 is 11.3. The number of aliphatic hydroxyl groups is 1. The second kappa shape index (κ2) is 11.0. The SMILES string of the molecule is COc1ccccc1CN1C(=O)C(=O)/C(=C(/O)c2cc(C(C)(C)C)ccc2C)C1c1ccc(OC(C)C)cc1. The summed E-state index contributed by atoms with van der Waals surface area (Å²) in [6, 6.07) is 19.8. The summed E-state index contributed by atoms with van der Waals surface area (Å²) >= 11 is 0. The number of Topliss-reactive ketones (excluding diaryl/α,β-unsaturated/α-hetero) is 1. The molecule has 0 bridgehead atoms. The number of likely N-dealkylation sites (tertiary alicyclic amines) is 1. The molecule has 1 aliphatic heterocycles. The van der Waals surface area contributed by atoms with Crippen molar-refractivity contribution in [3.63, 3.8) is 0 Å². The van der Waals surface area contributed by atoms with E-state index in [1.807, 2.05) is 87.5 Å². The summed E-state index contributed by atoms with van der Waals surface area (Å²) in [5, 5.41) is 11.7. The minimum absolute atomic E-state index is 0.00472. The van der Waals surface area contributed by atoms with E-state index in [0.29, 0.717) is 22.6 Å². The maximum Gasteiger partial charge on any atom is 0.295 e. The Morgan fingerprint density at radius 2 is 1.67 bits per heavy atom. The van der Waals surface area contributed by atoms with E-state index in [9.17, 15) is 14.7 Å². The number of ether oxygens (including phenoxy) is 2. The van der Waals surface area contributed by atoms with Gasteiger partial charge < -0.3 is 19.5 Å². The summed E-state index contributed by atoms with van der Waals surface area (Å²) in [5.41, 5.74) is 3.75. The van der Waals surface area contributed by atoms with Crippen molar-refractivity contribution < 1.29 is 24.2 Å². The highest BCUT2D eigenvalue weighted by atomic mass is 16.5. The molecule has 4 rings (SSSR count). The molecule has 0 aromatic heterocycles. The summed E-state index contributed by atoms with van der Waals surface area (Å²) in [7, 11) is 1.57. The Labute approximate surface area is 230 Å². The highest BCUT2D eigenvalue weighted by Crippen LogP contribution is 2.42. The third-order valence-corrected chi connectivity index (χ3v) is 7.00. The zero-order valence-electron chi connectivity index (χ0n) is 23.7. The van der Waals surface area contributed by atoms with Crippen LogP contribution in [0.25, 0.3) is 5.76 Å². The first-order valence-electron chi connectivity index (χ1n) is 13.2. The van der Waals surface area contributed by atoms with Crippen LogP contribution in [0.2, 0.25) is 0 Å². The number of methoxy groups -OCH3 is 1. The Morgan fingerprint density at radius 3 is 2.28 bits per heavy atom. The second-order valence-electron chi connectivity index (χ2n) is 11.3. The van der Waals surface area contributed by atoms with E-state index in [-0.39, 0.29) is 29.4 Å². The van der Waals surface area contributed by atoms with Crippen molar-refractivity contribution in [1.29, 1.82) is 0 Å². The molecule has 0 aliphatic carbocycles. The van der Waals surface area contributed by atoms with Gasteiger partial charge in [-0.1, -0.05) is 63.2 Å². The number of hydrogen-bond acceptors (Lipinski definition) is 5. The number of ketones is 1. The number of rotatable bonds is 7. The number of amides is 1. The monoisotopic (exact) mass is 527 g/mol. The molecule has 0 spiro atoms. The third-order valence-electron chi connectivity index (χ3n) is 7.00. The van der Waals surface area contributed by atoms with Gasteiger partial charge in [-0.2, -0.15) is 0 Å². The number of aryl methyl sites for hydroxylation is 1. The van der Waals surface area contributed by atoms with Gasteiger partial charge in [-0.25, -0.2) is 0 Å². The molecule has 6 nitrogen and oxygen atoms in total. The number of nitrogens with zero attached hydrogens (tertiary/aromatic N) is 1. The van der Waals surface area contributed by atoms with Gasteiger partial charge in [0.05, 0.1) is 31.4 Å². The Hall–Kier alpha value is -4.06. The summed E-state index contributed by atoms with van der Waals surface area (Å²) in [6.07, 6.45) is 0.00472. The normalized spacial score (nSPS) is 17.1. The van der Waals surface area contributed by atoms with Crippen molar-refractivity contribution in [3.05, 3.63) is 100 Å². The molecule has 1 saturated heterocycles. The minimum Gasteiger partial charge on any atom is -0.507 e. The van der Waals surface area contributed by atoms with Gasteiger partial charge in [-0.15, -0.1) is 0 Å². The van der Waals surface area contributed by atoms with Gasteiger partial charge in [-0.05, 0) is 67.1 Å². The fourth-order valence-electron chi connectivity index (χ4n) is 4.90. The fourth-order valence-corrected chi connectivity index (χ4v) is 4.90. The first-order chi connectivity index (χ1) is 18.4. The van der Waals surface area contributed by atoms with Crippen LogP contribution in [0.3, 0.4) is 0 Å². The molecular weight excluding hydrogens is 490 g/mol. The average Bonchev–Trinajstić information content (AvgIpc) is 3.13. The van der Waals surface area contributed by atoms with Crippen molar-refractivity contribution in [2.75, 3.05) is 7.11 Å². The van der Waals surface area contributed by atoms with E-state index < -0.39 is 17.7 Å². The Kier molecular flexibility index (Phi) is 7.86. The zero-order chi connectivity index (χ0) is 28.5. The molecule has 3 aromatic carbocycles. The number of carbonyl (C=O) groups is 2. The van der Waals surface area contributed by atoms with Crippen molar-refractivity contribution in [2.45, 2.75) is 65.6 Å². The summed E-state index contributed by atoms with van der Waals surface area (Å²) in [4.78, 5) is 28.6. The highest BCUT2D eigenvalue weighted by molar-refractivity contribution is 6.46. The molecule has 0 saturated carbocycles. The summed E-state index contributed by atoms with van der Waals surface area (Å²) in [6.45, 7) is 12.2. The predicted octanol–water partition coefficient (Wildman–Crippen LogP) is 6.71. The minimum atomic E-state index is -0.791. The smallest absolute Gasteiger partial charge is 0.295 e. The number of carbonyl (C=O) groups excluding carboxylic acids is 2. The van der Waals surface area contributed by atoms with Gasteiger partial charge in [-0.3, -0.25) is 9.59 Å². The molecule has 1 amide bonds. The molecule has 204 valence electrons. The second-order valence-corrected chi connectivity index (χ2v) is 11.3. The quantitative estimate of drug-likeness (QED) is 0.210. The Bertz CT molecular complexity index is 1410. The van der Waals surface area contributed by atoms with E-state index >= 15 is 0 Å². The van der Waals surface area contributed by atoms with Crippen molar-refractivity contribution >= 4 is 17.4 Å². The van der Waals surface area contributed by atoms with E-state index in [0.717, 1.165) is 16.7 Å². The Morgan fingerprint density at radius 1 is 1.00 bits per heavy atom. The molecule has 0 radical (unpaired) electrons. The number of aliphatic hydroxyl groups excluding tert-OH is 1. The van der Waals surface area contributed by atoms with Gasteiger partial charge in [0.25, 0.3) is 11.7 Å². The molecule has 3 aromatic rings. The highest BCUT2D eigenvalue weighted by Gasteiger charge is 2.46. The number of hydrogen-bond donors (Lipinski definition) is 1. The van der Waals surface area contributed by atoms with Crippen LogP contribution in [0.1, 0.15) is 68.5 Å². The standard InChI is InChI=1S/C33H37NO5/c1-20(2)39-25-16-13-22(14-17-25)29-28(30(35)26-18-24(33(4,5)6)15-12-21(26)3)31(36)32(37)34(29)19-23-10-8-9-11-27(23)38-7/h8-18,20,29,35H,19H2,1-7H3/b30-28+. The van der Waals surface area contributed by atoms with E-state index in [1.165, 1.54) is 4.90 Å². The lowest BCUT2D eigenvalue weighted by Crippen LogP contribution is -2.29. The van der Waals surface area contributed by atoms with Crippen LogP contribution in [0.4, 0.5) is 0 Å². The number of para-hydroxylation sites is 1. The maximum absolute atomic E-state index is 13.6. The lowest BCUT2D eigenvalue weighted by molar-refractivity contribution is -0.140. The van der Waals surface area contributed by atoms with E-state index in [4.69, 9.17) is 9.47 Å². The van der Waals surface area contributed by atoms with Crippen molar-refractivity contribution in [2.24, 2.45) is 0 Å². The first-order valence-corrected chi connectivity index (χ1v) is 13.2. The van der Waals surface area contributed by atoms with E-state index in [2.05, 4.69) is 20.8 Å². The van der Waals surface area contributed by atoms with Crippen LogP contribution >= 0.6 is 0 Å².